The number of carbonyl (C=O) groups excluding carboxylic acids is 2. The minimum absolute atomic E-state index is 0.0000825. The molecule has 3 N–H and O–H groups in total. The first-order valence-corrected chi connectivity index (χ1v) is 9.84. The Kier molecular flexibility index (Phi) is 5.92. The minimum atomic E-state index is -1.30. The van der Waals surface area contributed by atoms with Gasteiger partial charge >= 0.3 is 12.1 Å². The number of carboxylic acids is 1. The van der Waals surface area contributed by atoms with Gasteiger partial charge in [0.1, 0.15) is 0 Å². The lowest BCUT2D eigenvalue weighted by Crippen LogP contribution is -2.15. The maximum Gasteiger partial charge on any atom is 0.411 e. The Morgan fingerprint density at radius 1 is 1.03 bits per heavy atom. The summed E-state index contributed by atoms with van der Waals surface area (Å²) in [6.45, 7) is 0. The van der Waals surface area contributed by atoms with Crippen molar-refractivity contribution in [3.63, 3.8) is 0 Å². The van der Waals surface area contributed by atoms with Crippen molar-refractivity contribution in [2.45, 2.75) is 0 Å². The number of fused-ring (bicyclic) bond motifs is 1. The third-order valence-corrected chi connectivity index (χ3v) is 4.96. The molecule has 1 aromatic heterocycles. The molecule has 0 saturated carbocycles. The number of nitrogens with one attached hydrogen (secondary N) is 2. The summed E-state index contributed by atoms with van der Waals surface area (Å²) in [4.78, 5) is 36.4. The predicted molar refractivity (Wildman–Crippen MR) is 122 cm³/mol. The number of anilines is 2. The first kappa shape index (κ1) is 22.0. The van der Waals surface area contributed by atoms with E-state index in [1.54, 1.807) is 6.07 Å². The number of methoxy groups -OCH3 is 1. The minimum Gasteiger partial charge on any atom is -0.478 e. The van der Waals surface area contributed by atoms with Crippen LogP contribution in [-0.4, -0.2) is 35.3 Å². The van der Waals surface area contributed by atoms with Crippen LogP contribution in [0.15, 0.2) is 65.2 Å². The van der Waals surface area contributed by atoms with E-state index in [0.717, 1.165) is 11.6 Å². The first-order valence-electron chi connectivity index (χ1n) is 9.84. The highest BCUT2D eigenvalue weighted by Crippen LogP contribution is 2.34. The van der Waals surface area contributed by atoms with E-state index in [1.807, 2.05) is 36.4 Å². The molecule has 0 aliphatic heterocycles. The standard InChI is InChI=1S/C24H16N4O6/c1-33-24(32)27-19-11-20-17(10-15(19)14-5-3-2-4-6-14)21(28-34-20)22(29)26-18-8-7-13(12-25)9-16(18)23(30)31/h2-11H,1H3,(H,26,29)(H,27,32)(H,30,31). The lowest BCUT2D eigenvalue weighted by molar-refractivity contribution is 0.0698. The molecule has 1 heterocycles. The molecular weight excluding hydrogens is 440 g/mol. The molecule has 0 spiro atoms. The SMILES string of the molecule is COC(=O)Nc1cc2onc(C(=O)Nc3ccc(C#N)cc3C(=O)O)c2cc1-c1ccccc1. The number of hydrogen-bond acceptors (Lipinski definition) is 7. The zero-order valence-electron chi connectivity index (χ0n) is 17.7. The number of benzene rings is 3. The quantitative estimate of drug-likeness (QED) is 0.397. The Labute approximate surface area is 192 Å². The Morgan fingerprint density at radius 3 is 2.47 bits per heavy atom. The Morgan fingerprint density at radius 2 is 1.79 bits per heavy atom. The van der Waals surface area contributed by atoms with Crippen molar-refractivity contribution in [1.82, 2.24) is 5.16 Å². The maximum absolute atomic E-state index is 13.0. The van der Waals surface area contributed by atoms with Crippen LogP contribution in [0.4, 0.5) is 16.2 Å². The van der Waals surface area contributed by atoms with Crippen LogP contribution in [0.5, 0.6) is 0 Å². The van der Waals surface area contributed by atoms with Crippen LogP contribution in [0.25, 0.3) is 22.1 Å². The van der Waals surface area contributed by atoms with E-state index in [1.165, 1.54) is 25.3 Å². The summed E-state index contributed by atoms with van der Waals surface area (Å²) in [5, 5.41) is 27.8. The van der Waals surface area contributed by atoms with E-state index in [2.05, 4.69) is 20.5 Å². The number of amides is 2. The molecule has 3 aromatic carbocycles. The predicted octanol–water partition coefficient (Wildman–Crippen LogP) is 4.50. The summed E-state index contributed by atoms with van der Waals surface area (Å²) in [6, 6.07) is 18.0. The van der Waals surface area contributed by atoms with Crippen LogP contribution in [-0.2, 0) is 4.74 Å². The smallest absolute Gasteiger partial charge is 0.411 e. The molecule has 0 aliphatic carbocycles. The largest absolute Gasteiger partial charge is 0.478 e. The highest BCUT2D eigenvalue weighted by Gasteiger charge is 2.22. The summed E-state index contributed by atoms with van der Waals surface area (Å²) in [7, 11) is 1.24. The highest BCUT2D eigenvalue weighted by atomic mass is 16.5. The fourth-order valence-corrected chi connectivity index (χ4v) is 3.35. The number of nitrogens with zero attached hydrogens (tertiary/aromatic N) is 2. The Bertz CT molecular complexity index is 1470. The van der Waals surface area contributed by atoms with Crippen LogP contribution in [0.2, 0.25) is 0 Å². The maximum atomic E-state index is 13.0. The topological polar surface area (TPSA) is 155 Å². The average molecular weight is 456 g/mol. The van der Waals surface area contributed by atoms with Crippen LogP contribution >= 0.6 is 0 Å². The average Bonchev–Trinajstić information content (AvgIpc) is 3.27. The lowest BCUT2D eigenvalue weighted by Gasteiger charge is -2.11. The second-order valence-corrected chi connectivity index (χ2v) is 7.04. The summed E-state index contributed by atoms with van der Waals surface area (Å²) < 4.78 is 9.99. The summed E-state index contributed by atoms with van der Waals surface area (Å²) in [6.07, 6.45) is -0.684. The van der Waals surface area contributed by atoms with Gasteiger partial charge < -0.3 is 19.7 Å². The van der Waals surface area contributed by atoms with Crippen molar-refractivity contribution >= 4 is 40.3 Å². The van der Waals surface area contributed by atoms with E-state index in [0.29, 0.717) is 16.6 Å². The fraction of sp³-hybridized carbons (Fsp3) is 0.0417. The highest BCUT2D eigenvalue weighted by molar-refractivity contribution is 6.14. The van der Waals surface area contributed by atoms with E-state index in [9.17, 15) is 19.5 Å². The van der Waals surface area contributed by atoms with Crippen molar-refractivity contribution in [2.24, 2.45) is 0 Å². The summed E-state index contributed by atoms with van der Waals surface area (Å²) in [5.41, 5.74) is 1.75. The second-order valence-electron chi connectivity index (χ2n) is 7.04. The lowest BCUT2D eigenvalue weighted by atomic mass is 10.0. The van der Waals surface area contributed by atoms with E-state index >= 15 is 0 Å². The van der Waals surface area contributed by atoms with E-state index in [-0.39, 0.29) is 28.1 Å². The number of carbonyl (C=O) groups is 3. The van der Waals surface area contributed by atoms with Crippen LogP contribution < -0.4 is 10.6 Å². The molecule has 0 saturated heterocycles. The summed E-state index contributed by atoms with van der Waals surface area (Å²) in [5.74, 6) is -2.01. The van der Waals surface area contributed by atoms with Crippen LogP contribution in [0.3, 0.4) is 0 Å². The number of aromatic carboxylic acids is 1. The molecule has 0 bridgehead atoms. The Hall–Kier alpha value is -5.17. The van der Waals surface area contributed by atoms with Gasteiger partial charge in [-0.3, -0.25) is 10.1 Å². The molecule has 4 aromatic rings. The van der Waals surface area contributed by atoms with Gasteiger partial charge in [-0.05, 0) is 29.8 Å². The van der Waals surface area contributed by atoms with Crippen molar-refractivity contribution in [3.05, 3.63) is 77.5 Å². The first-order chi connectivity index (χ1) is 16.4. The number of aromatic nitrogens is 1. The third-order valence-electron chi connectivity index (χ3n) is 4.96. The van der Waals surface area contributed by atoms with Crippen molar-refractivity contribution in [2.75, 3.05) is 17.7 Å². The number of rotatable bonds is 5. The fourth-order valence-electron chi connectivity index (χ4n) is 3.35. The number of hydrogen-bond donors (Lipinski definition) is 3. The molecule has 4 rings (SSSR count). The van der Waals surface area contributed by atoms with Gasteiger partial charge in [0.05, 0.1) is 41.1 Å². The van der Waals surface area contributed by atoms with Crippen LogP contribution in [0, 0.1) is 11.3 Å². The van der Waals surface area contributed by atoms with Gasteiger partial charge in [-0.25, -0.2) is 9.59 Å². The van der Waals surface area contributed by atoms with Gasteiger partial charge in [-0.1, -0.05) is 35.5 Å². The number of ether oxygens (including phenoxy) is 1. The van der Waals surface area contributed by atoms with Gasteiger partial charge in [0.2, 0.25) is 0 Å². The summed E-state index contributed by atoms with van der Waals surface area (Å²) >= 11 is 0. The molecular formula is C24H16N4O6. The molecule has 0 atom stereocenters. The van der Waals surface area contributed by atoms with E-state index in [4.69, 9.17) is 9.78 Å². The molecule has 0 radical (unpaired) electrons. The van der Waals surface area contributed by atoms with Gasteiger partial charge in [0.15, 0.2) is 11.3 Å². The van der Waals surface area contributed by atoms with E-state index < -0.39 is 18.0 Å². The molecule has 0 aliphatic rings. The molecule has 34 heavy (non-hydrogen) atoms. The van der Waals surface area contributed by atoms with Crippen molar-refractivity contribution in [1.29, 1.82) is 5.26 Å². The van der Waals surface area contributed by atoms with Crippen molar-refractivity contribution in [3.8, 4) is 17.2 Å². The molecule has 0 unspecified atom stereocenters. The molecule has 168 valence electrons. The zero-order chi connectivity index (χ0) is 24.2. The molecule has 0 fully saturated rings. The molecule has 10 nitrogen and oxygen atoms in total. The monoisotopic (exact) mass is 456 g/mol. The molecule has 2 amide bonds. The van der Waals surface area contributed by atoms with Gasteiger partial charge in [-0.15, -0.1) is 0 Å². The third kappa shape index (κ3) is 4.26. The van der Waals surface area contributed by atoms with Crippen LogP contribution in [0.1, 0.15) is 26.4 Å². The van der Waals surface area contributed by atoms with Crippen molar-refractivity contribution < 1.29 is 28.8 Å². The van der Waals surface area contributed by atoms with Gasteiger partial charge in [0, 0.05) is 11.6 Å². The normalized spacial score (nSPS) is 10.4. The molecule has 10 heteroatoms. The Balaban J connectivity index is 1.77. The second kappa shape index (κ2) is 9.13. The number of nitriles is 1. The van der Waals surface area contributed by atoms with Gasteiger partial charge in [0.25, 0.3) is 5.91 Å². The van der Waals surface area contributed by atoms with Gasteiger partial charge in [-0.2, -0.15) is 5.26 Å². The number of carboxylic acid groups (broad SMARTS) is 1. The zero-order valence-corrected chi connectivity index (χ0v) is 17.7.